The quantitative estimate of drug-likeness (QED) is 0.502. The smallest absolute Gasteiger partial charge is 0.407 e. The van der Waals surface area contributed by atoms with Gasteiger partial charge in [-0.25, -0.2) is 4.79 Å². The first-order chi connectivity index (χ1) is 16.3. The van der Waals surface area contributed by atoms with Crippen LogP contribution in [0.4, 0.5) is 4.79 Å². The molecule has 0 spiro atoms. The summed E-state index contributed by atoms with van der Waals surface area (Å²) in [5.41, 5.74) is 4.72. The highest BCUT2D eigenvalue weighted by Crippen LogP contribution is 2.44. The number of nitrogens with zero attached hydrogens (tertiary/aromatic N) is 1. The molecule has 0 bridgehead atoms. The summed E-state index contributed by atoms with van der Waals surface area (Å²) >= 11 is 0. The van der Waals surface area contributed by atoms with Crippen LogP contribution in [-0.4, -0.2) is 53.7 Å². The number of hydrogen-bond donors (Lipinski definition) is 2. The second-order valence-electron chi connectivity index (χ2n) is 8.95. The summed E-state index contributed by atoms with van der Waals surface area (Å²) < 4.78 is 5.59. The van der Waals surface area contributed by atoms with Crippen molar-refractivity contribution in [1.82, 2.24) is 10.2 Å². The molecule has 2 atom stereocenters. The molecule has 1 aliphatic carbocycles. The minimum Gasteiger partial charge on any atom is -0.480 e. The van der Waals surface area contributed by atoms with Gasteiger partial charge in [0.05, 0.1) is 0 Å². The van der Waals surface area contributed by atoms with Gasteiger partial charge in [0.15, 0.2) is 0 Å². The van der Waals surface area contributed by atoms with E-state index in [2.05, 4.69) is 29.6 Å². The van der Waals surface area contributed by atoms with E-state index in [1.54, 1.807) is 6.92 Å². The van der Waals surface area contributed by atoms with Crippen molar-refractivity contribution in [2.45, 2.75) is 52.0 Å². The van der Waals surface area contributed by atoms with Crippen molar-refractivity contribution in [2.24, 2.45) is 5.92 Å². The molecule has 2 amide bonds. The monoisotopic (exact) mass is 466 g/mol. The fraction of sp³-hybridized carbons (Fsp3) is 0.444. The Labute approximate surface area is 201 Å². The zero-order chi connectivity index (χ0) is 24.7. The van der Waals surface area contributed by atoms with Crippen LogP contribution in [0.3, 0.4) is 0 Å². The topological polar surface area (TPSA) is 95.9 Å². The number of benzene rings is 2. The second kappa shape index (κ2) is 11.7. The number of hydrogen-bond acceptors (Lipinski definition) is 4. The van der Waals surface area contributed by atoms with Gasteiger partial charge in [-0.05, 0) is 48.9 Å². The first-order valence-corrected chi connectivity index (χ1v) is 11.9. The lowest BCUT2D eigenvalue weighted by Gasteiger charge is -2.23. The van der Waals surface area contributed by atoms with E-state index in [1.165, 1.54) is 27.2 Å². The number of carbonyl (C=O) groups is 3. The summed E-state index contributed by atoms with van der Waals surface area (Å²) in [6.07, 6.45) is 1.62. The number of carboxylic acid groups (broad SMARTS) is 1. The van der Waals surface area contributed by atoms with Crippen LogP contribution in [0.25, 0.3) is 11.1 Å². The average Bonchev–Trinajstić information content (AvgIpc) is 3.14. The molecule has 0 saturated heterocycles. The summed E-state index contributed by atoms with van der Waals surface area (Å²) in [5, 5.41) is 11.8. The van der Waals surface area contributed by atoms with E-state index in [0.29, 0.717) is 19.4 Å². The van der Waals surface area contributed by atoms with Crippen LogP contribution in [0.5, 0.6) is 0 Å². The van der Waals surface area contributed by atoms with Gasteiger partial charge in [-0.15, -0.1) is 0 Å². The van der Waals surface area contributed by atoms with Crippen LogP contribution in [0.2, 0.25) is 0 Å². The zero-order valence-corrected chi connectivity index (χ0v) is 20.1. The predicted molar refractivity (Wildman–Crippen MR) is 131 cm³/mol. The Hall–Kier alpha value is -3.35. The van der Waals surface area contributed by atoms with Gasteiger partial charge >= 0.3 is 12.1 Å². The number of aliphatic carboxylic acids is 1. The lowest BCUT2D eigenvalue weighted by atomic mass is 9.98. The molecule has 2 aromatic carbocycles. The van der Waals surface area contributed by atoms with Gasteiger partial charge in [0.2, 0.25) is 5.91 Å². The molecule has 2 unspecified atom stereocenters. The third-order valence-electron chi connectivity index (χ3n) is 6.42. The van der Waals surface area contributed by atoms with E-state index in [1.807, 2.05) is 38.1 Å². The van der Waals surface area contributed by atoms with E-state index in [4.69, 9.17) is 9.84 Å². The van der Waals surface area contributed by atoms with Crippen LogP contribution in [-0.2, 0) is 14.3 Å². The number of nitrogens with one attached hydrogen (secondary N) is 1. The molecule has 7 heteroatoms. The van der Waals surface area contributed by atoms with Gasteiger partial charge in [-0.2, -0.15) is 0 Å². The molecule has 0 aliphatic heterocycles. The number of alkyl carbamates (subject to hydrolysis) is 1. The lowest BCUT2D eigenvalue weighted by molar-refractivity contribution is -0.146. The zero-order valence-electron chi connectivity index (χ0n) is 20.1. The molecule has 7 nitrogen and oxygen atoms in total. The van der Waals surface area contributed by atoms with Crippen molar-refractivity contribution in [2.75, 3.05) is 19.7 Å². The molecule has 34 heavy (non-hydrogen) atoms. The van der Waals surface area contributed by atoms with Crippen LogP contribution in [0, 0.1) is 5.92 Å². The number of amides is 2. The average molecular weight is 467 g/mol. The molecular formula is C27H34N2O5. The molecule has 2 aromatic rings. The largest absolute Gasteiger partial charge is 0.480 e. The van der Waals surface area contributed by atoms with Gasteiger partial charge in [0, 0.05) is 24.4 Å². The standard InChI is InChI=1S/C27H34N2O5/c1-4-29(16-25(30)31)26(32)18(2)10-9-11-19(3)28-27(33)34-17-24-22-14-7-5-12-20(22)21-13-6-8-15-23(21)24/h5-8,12-15,18-19,24H,4,9-11,16-17H2,1-3H3,(H,28,33)(H,30,31). The molecule has 3 rings (SSSR count). The molecule has 0 radical (unpaired) electrons. The van der Waals surface area contributed by atoms with E-state index in [9.17, 15) is 14.4 Å². The lowest BCUT2D eigenvalue weighted by Crippen LogP contribution is -2.39. The number of fused-ring (bicyclic) bond motifs is 3. The predicted octanol–water partition coefficient (Wildman–Crippen LogP) is 4.65. The number of likely N-dealkylation sites (N-methyl/N-ethyl adjacent to an activating group) is 1. The van der Waals surface area contributed by atoms with E-state index in [0.717, 1.165) is 6.42 Å². The van der Waals surface area contributed by atoms with Crippen molar-refractivity contribution in [3.05, 3.63) is 59.7 Å². The van der Waals surface area contributed by atoms with Gasteiger partial charge in [-0.3, -0.25) is 9.59 Å². The van der Waals surface area contributed by atoms with Crippen molar-refractivity contribution in [3.63, 3.8) is 0 Å². The van der Waals surface area contributed by atoms with Crippen LogP contribution < -0.4 is 5.32 Å². The summed E-state index contributed by atoms with van der Waals surface area (Å²) in [6.45, 7) is 5.87. The van der Waals surface area contributed by atoms with E-state index >= 15 is 0 Å². The minimum absolute atomic E-state index is 0.0210. The normalized spacial score (nSPS) is 14.0. The Balaban J connectivity index is 1.44. The minimum atomic E-state index is -1.01. The summed E-state index contributed by atoms with van der Waals surface area (Å²) in [7, 11) is 0. The van der Waals surface area contributed by atoms with Crippen LogP contribution >= 0.6 is 0 Å². The maximum absolute atomic E-state index is 12.4. The molecule has 0 aromatic heterocycles. The maximum atomic E-state index is 12.4. The van der Waals surface area contributed by atoms with Crippen molar-refractivity contribution in [1.29, 1.82) is 0 Å². The van der Waals surface area contributed by atoms with E-state index in [-0.39, 0.29) is 36.9 Å². The van der Waals surface area contributed by atoms with E-state index < -0.39 is 12.1 Å². The second-order valence-corrected chi connectivity index (χ2v) is 8.95. The molecule has 2 N–H and O–H groups in total. The van der Waals surface area contributed by atoms with Crippen molar-refractivity contribution >= 4 is 18.0 Å². The van der Waals surface area contributed by atoms with Crippen LogP contribution in [0.1, 0.15) is 57.1 Å². The van der Waals surface area contributed by atoms with Gasteiger partial charge in [-0.1, -0.05) is 61.9 Å². The van der Waals surface area contributed by atoms with Gasteiger partial charge < -0.3 is 20.1 Å². The first-order valence-electron chi connectivity index (χ1n) is 11.9. The SMILES string of the molecule is CCN(CC(=O)O)C(=O)C(C)CCCC(C)NC(=O)OCC1c2ccccc2-c2ccccc21. The maximum Gasteiger partial charge on any atom is 0.407 e. The highest BCUT2D eigenvalue weighted by Gasteiger charge is 2.29. The highest BCUT2D eigenvalue weighted by atomic mass is 16.5. The fourth-order valence-corrected chi connectivity index (χ4v) is 4.59. The summed E-state index contributed by atoms with van der Waals surface area (Å²) in [5.74, 6) is -1.40. The number of rotatable bonds is 11. The fourth-order valence-electron chi connectivity index (χ4n) is 4.59. The highest BCUT2D eigenvalue weighted by molar-refractivity contribution is 5.83. The number of carboxylic acids is 1. The van der Waals surface area contributed by atoms with Gasteiger partial charge in [0.1, 0.15) is 13.2 Å². The number of carbonyl (C=O) groups excluding carboxylic acids is 2. The third-order valence-corrected chi connectivity index (χ3v) is 6.42. The van der Waals surface area contributed by atoms with Crippen molar-refractivity contribution < 1.29 is 24.2 Å². The van der Waals surface area contributed by atoms with Crippen molar-refractivity contribution in [3.8, 4) is 11.1 Å². The summed E-state index contributed by atoms with van der Waals surface area (Å²) in [6, 6.07) is 16.3. The Morgan fingerprint density at radius 2 is 1.59 bits per heavy atom. The Morgan fingerprint density at radius 1 is 1.00 bits per heavy atom. The molecule has 0 heterocycles. The van der Waals surface area contributed by atoms with Gasteiger partial charge in [0.25, 0.3) is 0 Å². The number of ether oxygens (including phenoxy) is 1. The molecule has 1 aliphatic rings. The first kappa shape index (κ1) is 25.3. The molecule has 0 saturated carbocycles. The van der Waals surface area contributed by atoms with Crippen LogP contribution in [0.15, 0.2) is 48.5 Å². The third kappa shape index (κ3) is 6.16. The Kier molecular flexibility index (Phi) is 8.68. The molecule has 182 valence electrons. The molecular weight excluding hydrogens is 432 g/mol. The Morgan fingerprint density at radius 3 is 2.15 bits per heavy atom. The Bertz CT molecular complexity index is 976. The molecule has 0 fully saturated rings. The summed E-state index contributed by atoms with van der Waals surface area (Å²) in [4.78, 5) is 37.1.